The van der Waals surface area contributed by atoms with Crippen molar-refractivity contribution >= 4 is 28.0 Å². The monoisotopic (exact) mass is 575 g/mol. The topological polar surface area (TPSA) is 164 Å². The van der Waals surface area contributed by atoms with E-state index >= 15 is 0 Å². The van der Waals surface area contributed by atoms with E-state index in [4.69, 9.17) is 9.88 Å². The van der Waals surface area contributed by atoms with Crippen molar-refractivity contribution in [2.75, 3.05) is 12.4 Å². The van der Waals surface area contributed by atoms with Crippen molar-refractivity contribution in [3.05, 3.63) is 52.1 Å². The van der Waals surface area contributed by atoms with Crippen LogP contribution >= 0.6 is 0 Å². The number of pyridine rings is 1. The van der Waals surface area contributed by atoms with Gasteiger partial charge in [-0.25, -0.2) is 34.3 Å². The third-order valence-corrected chi connectivity index (χ3v) is 7.17. The Morgan fingerprint density at radius 1 is 1.20 bits per heavy atom. The zero-order chi connectivity index (χ0) is 28.8. The molecule has 210 valence electrons. The zero-order valence-corrected chi connectivity index (χ0v) is 22.4. The Hall–Kier alpha value is -4.05. The fraction of sp³-hybridized carbons (Fsp3) is 0.375. The maximum absolute atomic E-state index is 14.0. The van der Waals surface area contributed by atoms with Crippen LogP contribution < -0.4 is 20.8 Å². The minimum atomic E-state index is -4.77. The van der Waals surface area contributed by atoms with Gasteiger partial charge in [-0.05, 0) is 38.8 Å². The molecule has 12 nitrogen and oxygen atoms in total. The Balaban J connectivity index is 1.66. The van der Waals surface area contributed by atoms with E-state index in [1.807, 2.05) is 0 Å². The number of ether oxygens (including phenoxy) is 1. The summed E-state index contributed by atoms with van der Waals surface area (Å²) >= 11 is 0. The number of aryl methyl sites for hydroxylation is 1. The number of methoxy groups -OCH3 is 1. The number of nitrogens with one attached hydrogen (secondary N) is 1. The average molecular weight is 576 g/mol. The highest BCUT2D eigenvalue weighted by atomic mass is 32.2. The second kappa shape index (κ2) is 10.5. The van der Waals surface area contributed by atoms with Gasteiger partial charge in [-0.1, -0.05) is 0 Å². The van der Waals surface area contributed by atoms with Gasteiger partial charge >= 0.3 is 6.18 Å². The van der Waals surface area contributed by atoms with Crippen molar-refractivity contribution in [2.24, 2.45) is 5.14 Å². The standard InChI is InChI=1S/C24H24F3N9O3S/c1-11-17-21(35-19(33-11)16-18(13-4-5-13)31-10-32-22(16)39-3)36(12(2)24(25,26)27)23(37)20(34-17)30-8-14-6-7-15(9-29-14)40(28)38/h6-7,9-10,12-13H,4-5,8,28H2,1-3H3,(H,30,34). The molecule has 2 unspecified atom stereocenters. The highest BCUT2D eigenvalue weighted by molar-refractivity contribution is 7.82. The largest absolute Gasteiger partial charge is 0.480 e. The number of halogens is 3. The van der Waals surface area contributed by atoms with E-state index in [1.54, 1.807) is 6.92 Å². The van der Waals surface area contributed by atoms with Crippen molar-refractivity contribution in [2.45, 2.75) is 56.3 Å². The summed E-state index contributed by atoms with van der Waals surface area (Å²) in [6.45, 7) is 2.39. The summed E-state index contributed by atoms with van der Waals surface area (Å²) in [7, 11) is -0.308. The van der Waals surface area contributed by atoms with Crippen molar-refractivity contribution in [1.82, 2.24) is 34.5 Å². The fourth-order valence-electron chi connectivity index (χ4n) is 4.18. The maximum atomic E-state index is 14.0. The van der Waals surface area contributed by atoms with E-state index in [2.05, 4.69) is 35.2 Å². The summed E-state index contributed by atoms with van der Waals surface area (Å²) in [6, 6.07) is 0.787. The van der Waals surface area contributed by atoms with Gasteiger partial charge in [0.1, 0.15) is 34.4 Å². The number of alkyl halides is 3. The summed E-state index contributed by atoms with van der Waals surface area (Å²) in [5.74, 6) is 0.00301. The molecule has 0 radical (unpaired) electrons. The number of fused-ring (bicyclic) bond motifs is 1. The van der Waals surface area contributed by atoms with E-state index < -0.39 is 28.8 Å². The average Bonchev–Trinajstić information content (AvgIpc) is 3.76. The van der Waals surface area contributed by atoms with Gasteiger partial charge in [-0.2, -0.15) is 13.2 Å². The first kappa shape index (κ1) is 27.5. The molecule has 4 heterocycles. The van der Waals surface area contributed by atoms with Crippen molar-refractivity contribution < 1.29 is 22.1 Å². The summed E-state index contributed by atoms with van der Waals surface area (Å²) in [4.78, 5) is 39.6. The quantitative estimate of drug-likeness (QED) is 0.319. The molecule has 3 N–H and O–H groups in total. The number of hydrogen-bond acceptors (Lipinski definition) is 10. The summed E-state index contributed by atoms with van der Waals surface area (Å²) < 4.78 is 59.4. The molecule has 1 saturated carbocycles. The number of anilines is 1. The summed E-state index contributed by atoms with van der Waals surface area (Å²) in [5, 5.41) is 8.09. The number of nitrogens with two attached hydrogens (primary N) is 1. The Labute approximate surface area is 227 Å². The lowest BCUT2D eigenvalue weighted by atomic mass is 10.1. The van der Waals surface area contributed by atoms with E-state index in [0.29, 0.717) is 26.4 Å². The van der Waals surface area contributed by atoms with Gasteiger partial charge in [0.25, 0.3) is 5.56 Å². The van der Waals surface area contributed by atoms with Gasteiger partial charge in [0.05, 0.1) is 35.6 Å². The molecule has 0 amide bonds. The Morgan fingerprint density at radius 2 is 1.95 bits per heavy atom. The van der Waals surface area contributed by atoms with Crippen LogP contribution in [-0.2, 0) is 17.5 Å². The van der Waals surface area contributed by atoms with E-state index in [-0.39, 0.29) is 46.8 Å². The molecule has 4 aromatic rings. The van der Waals surface area contributed by atoms with Gasteiger partial charge < -0.3 is 10.1 Å². The first-order valence-corrected chi connectivity index (χ1v) is 13.3. The lowest BCUT2D eigenvalue weighted by Crippen LogP contribution is -2.35. The van der Waals surface area contributed by atoms with E-state index in [1.165, 1.54) is 31.8 Å². The molecule has 1 aliphatic rings. The minimum absolute atomic E-state index is 0.00701. The number of rotatable bonds is 8. The Morgan fingerprint density at radius 3 is 2.55 bits per heavy atom. The molecule has 0 saturated heterocycles. The van der Waals surface area contributed by atoms with E-state index in [9.17, 15) is 22.2 Å². The highest BCUT2D eigenvalue weighted by Gasteiger charge is 2.40. The molecule has 5 rings (SSSR count). The first-order chi connectivity index (χ1) is 19.0. The van der Waals surface area contributed by atoms with Crippen LogP contribution in [0.25, 0.3) is 22.6 Å². The van der Waals surface area contributed by atoms with Crippen LogP contribution in [-0.4, -0.2) is 52.0 Å². The highest BCUT2D eigenvalue weighted by Crippen LogP contribution is 2.45. The van der Waals surface area contributed by atoms with Gasteiger partial charge in [0.2, 0.25) is 5.88 Å². The molecular formula is C24H24F3N9O3S. The van der Waals surface area contributed by atoms with Crippen molar-refractivity contribution in [3.8, 4) is 17.3 Å². The molecule has 0 spiro atoms. The number of hydrogen-bond donors (Lipinski definition) is 2. The number of nitrogens with zero attached hydrogens (tertiary/aromatic N) is 7. The van der Waals surface area contributed by atoms with E-state index in [0.717, 1.165) is 19.8 Å². The Kier molecular flexibility index (Phi) is 7.22. The SMILES string of the molecule is COc1ncnc(C2CC2)c1-c1nc(C)c2nc(NCc3ccc(S(N)=O)cn3)c(=O)n(C(C)C(F)(F)F)c2n1. The van der Waals surface area contributed by atoms with Crippen LogP contribution in [0.5, 0.6) is 5.88 Å². The normalized spacial score (nSPS) is 15.2. The van der Waals surface area contributed by atoms with Gasteiger partial charge in [-0.3, -0.25) is 14.3 Å². The van der Waals surface area contributed by atoms with Crippen LogP contribution in [0, 0.1) is 6.92 Å². The fourth-order valence-corrected chi connectivity index (χ4v) is 4.53. The third-order valence-electron chi connectivity index (χ3n) is 6.46. The predicted octanol–water partition coefficient (Wildman–Crippen LogP) is 2.95. The second-order valence-corrected chi connectivity index (χ2v) is 10.3. The molecule has 0 bridgehead atoms. The van der Waals surface area contributed by atoms with Crippen LogP contribution in [0.4, 0.5) is 19.0 Å². The summed E-state index contributed by atoms with van der Waals surface area (Å²) in [6.07, 6.45) is -0.344. The molecule has 0 aliphatic heterocycles. The van der Waals surface area contributed by atoms with Crippen LogP contribution in [0.1, 0.15) is 48.8 Å². The Bertz CT molecular complexity index is 1680. The lowest BCUT2D eigenvalue weighted by molar-refractivity contribution is -0.162. The van der Waals surface area contributed by atoms with Gasteiger partial charge in [0, 0.05) is 12.1 Å². The van der Waals surface area contributed by atoms with Crippen LogP contribution in [0.3, 0.4) is 0 Å². The molecular weight excluding hydrogens is 551 g/mol. The van der Waals surface area contributed by atoms with Crippen molar-refractivity contribution in [3.63, 3.8) is 0 Å². The third kappa shape index (κ3) is 5.23. The smallest absolute Gasteiger partial charge is 0.409 e. The minimum Gasteiger partial charge on any atom is -0.480 e. The molecule has 16 heteroatoms. The maximum Gasteiger partial charge on any atom is 0.409 e. The summed E-state index contributed by atoms with van der Waals surface area (Å²) in [5.41, 5.74) is 0.346. The molecule has 4 aromatic heterocycles. The van der Waals surface area contributed by atoms with Gasteiger partial charge in [-0.15, -0.1) is 0 Å². The molecule has 1 fully saturated rings. The van der Waals surface area contributed by atoms with Crippen molar-refractivity contribution in [1.29, 1.82) is 0 Å². The molecule has 1 aliphatic carbocycles. The van der Waals surface area contributed by atoms with Crippen LogP contribution in [0.2, 0.25) is 0 Å². The first-order valence-electron chi connectivity index (χ1n) is 12.1. The molecule has 0 aromatic carbocycles. The molecule has 2 atom stereocenters. The van der Waals surface area contributed by atoms with Gasteiger partial charge in [0.15, 0.2) is 17.3 Å². The number of aromatic nitrogens is 7. The molecule has 40 heavy (non-hydrogen) atoms. The zero-order valence-electron chi connectivity index (χ0n) is 21.6. The second-order valence-electron chi connectivity index (χ2n) is 9.21. The lowest BCUT2D eigenvalue weighted by Gasteiger charge is -2.22. The predicted molar refractivity (Wildman–Crippen MR) is 139 cm³/mol. The van der Waals surface area contributed by atoms with Crippen LogP contribution in [0.15, 0.2) is 34.3 Å².